The number of aromatic nitrogens is 2. The van der Waals surface area contributed by atoms with E-state index in [1.807, 2.05) is 13.1 Å². The third kappa shape index (κ3) is 0.727. The number of allylic oxidation sites excluding steroid dienone is 1. The molecule has 0 aromatic carbocycles. The van der Waals surface area contributed by atoms with E-state index >= 15 is 0 Å². The van der Waals surface area contributed by atoms with Crippen LogP contribution in [0.25, 0.3) is 6.08 Å². The van der Waals surface area contributed by atoms with E-state index in [0.29, 0.717) is 0 Å². The number of nitrogens with zero attached hydrogens (tertiary/aromatic N) is 2. The van der Waals surface area contributed by atoms with Crippen molar-refractivity contribution in [3.63, 3.8) is 0 Å². The van der Waals surface area contributed by atoms with Crippen molar-refractivity contribution in [2.24, 2.45) is 0 Å². The Labute approximate surface area is 61.1 Å². The van der Waals surface area contributed by atoms with Gasteiger partial charge in [-0.1, -0.05) is 12.2 Å². The van der Waals surface area contributed by atoms with E-state index in [1.165, 1.54) is 5.56 Å². The summed E-state index contributed by atoms with van der Waals surface area (Å²) in [4.78, 5) is 8.37. The molecule has 1 aromatic rings. The van der Waals surface area contributed by atoms with Gasteiger partial charge >= 0.3 is 0 Å². The molecule has 0 N–H and O–H groups in total. The summed E-state index contributed by atoms with van der Waals surface area (Å²) in [5, 5.41) is 0. The minimum atomic E-state index is 0. The number of rotatable bonds is 0. The molecule has 0 saturated carbocycles. The fourth-order valence-corrected chi connectivity index (χ4v) is 1.13. The summed E-state index contributed by atoms with van der Waals surface area (Å²) in [6.07, 6.45) is 7.02. The molecule has 10 heavy (non-hydrogen) atoms. The van der Waals surface area contributed by atoms with Gasteiger partial charge in [-0.05, 0) is 6.92 Å². The van der Waals surface area contributed by atoms with Gasteiger partial charge in [-0.25, -0.2) is 9.97 Å². The van der Waals surface area contributed by atoms with Crippen LogP contribution in [-0.2, 0) is 6.42 Å². The van der Waals surface area contributed by atoms with Gasteiger partial charge in [0.1, 0.15) is 5.82 Å². The molecule has 2 nitrogen and oxygen atoms in total. The van der Waals surface area contributed by atoms with Gasteiger partial charge < -0.3 is 0 Å². The Morgan fingerprint density at radius 1 is 1.60 bits per heavy atom. The van der Waals surface area contributed by atoms with Crippen LogP contribution >= 0.6 is 0 Å². The predicted octanol–water partition coefficient (Wildman–Crippen LogP) is 1.60. The molecule has 1 heterocycles. The van der Waals surface area contributed by atoms with Crippen molar-refractivity contribution in [1.82, 2.24) is 9.97 Å². The summed E-state index contributed by atoms with van der Waals surface area (Å²) < 4.78 is 0. The lowest BCUT2D eigenvalue weighted by Crippen LogP contribution is -1.93. The maximum atomic E-state index is 4.28. The first-order valence-corrected chi connectivity index (χ1v) is 3.35. The smallest absolute Gasteiger partial charge is 0.125 e. The fourth-order valence-electron chi connectivity index (χ4n) is 1.13. The molecule has 2 rings (SSSR count). The van der Waals surface area contributed by atoms with Crippen molar-refractivity contribution in [2.45, 2.75) is 13.3 Å². The molecule has 0 aliphatic heterocycles. The zero-order valence-electron chi connectivity index (χ0n) is 5.83. The molecule has 0 amide bonds. The highest BCUT2D eigenvalue weighted by molar-refractivity contribution is 5.56. The van der Waals surface area contributed by atoms with Gasteiger partial charge in [0, 0.05) is 19.6 Å². The molecule has 2 heteroatoms. The summed E-state index contributed by atoms with van der Waals surface area (Å²) in [7, 11) is 0. The lowest BCUT2D eigenvalue weighted by Gasteiger charge is -1.96. The SMILES string of the molecule is Cc1ncc2c(n1)CC=C2.[HH]. The van der Waals surface area contributed by atoms with Gasteiger partial charge in [0.15, 0.2) is 0 Å². The topological polar surface area (TPSA) is 25.8 Å². The molecule has 0 radical (unpaired) electrons. The maximum Gasteiger partial charge on any atom is 0.125 e. The van der Waals surface area contributed by atoms with Crippen LogP contribution in [0.1, 0.15) is 18.5 Å². The highest BCUT2D eigenvalue weighted by atomic mass is 14.9. The van der Waals surface area contributed by atoms with Gasteiger partial charge in [-0.2, -0.15) is 0 Å². The highest BCUT2D eigenvalue weighted by Gasteiger charge is 2.05. The molecule has 0 atom stereocenters. The molecule has 0 saturated heterocycles. The maximum absolute atomic E-state index is 4.28. The lowest BCUT2D eigenvalue weighted by molar-refractivity contribution is 0.987. The van der Waals surface area contributed by atoms with E-state index < -0.39 is 0 Å². The van der Waals surface area contributed by atoms with E-state index in [1.54, 1.807) is 0 Å². The summed E-state index contributed by atoms with van der Waals surface area (Å²) in [5.74, 6) is 0.863. The van der Waals surface area contributed by atoms with Gasteiger partial charge in [0.05, 0.1) is 5.69 Å². The van der Waals surface area contributed by atoms with E-state index in [-0.39, 0.29) is 1.43 Å². The second-order valence-electron chi connectivity index (χ2n) is 2.43. The number of hydrogen-bond donors (Lipinski definition) is 0. The Morgan fingerprint density at radius 2 is 2.50 bits per heavy atom. The molecular weight excluding hydrogens is 124 g/mol. The molecule has 0 fully saturated rings. The number of fused-ring (bicyclic) bond motifs is 1. The van der Waals surface area contributed by atoms with Crippen molar-refractivity contribution in [3.8, 4) is 0 Å². The molecule has 1 aliphatic rings. The lowest BCUT2D eigenvalue weighted by atomic mass is 10.3. The minimum absolute atomic E-state index is 0. The van der Waals surface area contributed by atoms with Crippen molar-refractivity contribution >= 4 is 6.08 Å². The Balaban J connectivity index is 0.000000605. The minimum Gasteiger partial charge on any atom is -0.241 e. The van der Waals surface area contributed by atoms with Crippen LogP contribution in [0.5, 0.6) is 0 Å². The van der Waals surface area contributed by atoms with E-state index in [9.17, 15) is 0 Å². The first kappa shape index (κ1) is 5.59. The summed E-state index contributed by atoms with van der Waals surface area (Å²) in [6, 6.07) is 0. The third-order valence-corrected chi connectivity index (χ3v) is 1.63. The second-order valence-corrected chi connectivity index (χ2v) is 2.43. The van der Waals surface area contributed by atoms with Crippen LogP contribution in [0, 0.1) is 6.92 Å². The quantitative estimate of drug-likeness (QED) is 0.538. The Bertz CT molecular complexity index is 294. The fraction of sp³-hybridized carbons (Fsp3) is 0.250. The summed E-state index contributed by atoms with van der Waals surface area (Å²) in [6.45, 7) is 1.92. The number of aryl methyl sites for hydroxylation is 1. The first-order chi connectivity index (χ1) is 4.86. The highest BCUT2D eigenvalue weighted by Crippen LogP contribution is 2.14. The first-order valence-electron chi connectivity index (χ1n) is 3.35. The van der Waals surface area contributed by atoms with Crippen molar-refractivity contribution in [1.29, 1.82) is 0 Å². The van der Waals surface area contributed by atoms with E-state index in [2.05, 4.69) is 22.1 Å². The predicted molar refractivity (Wildman–Crippen MR) is 41.6 cm³/mol. The van der Waals surface area contributed by atoms with Crippen LogP contribution in [0.4, 0.5) is 0 Å². The standard InChI is InChI=1S/C8H8N2.H2/c1-6-9-5-7-3-2-4-8(7)10-6;/h2-3,5H,4H2,1H3;1H. The normalized spacial score (nSPS) is 13.7. The van der Waals surface area contributed by atoms with Gasteiger partial charge in [0.2, 0.25) is 0 Å². The van der Waals surface area contributed by atoms with Gasteiger partial charge in [-0.15, -0.1) is 0 Å². The average Bonchev–Trinajstić information content (AvgIpc) is 2.33. The third-order valence-electron chi connectivity index (χ3n) is 1.63. The molecule has 0 spiro atoms. The van der Waals surface area contributed by atoms with Crippen molar-refractivity contribution < 1.29 is 1.43 Å². The summed E-state index contributed by atoms with van der Waals surface area (Å²) in [5.41, 5.74) is 2.33. The van der Waals surface area contributed by atoms with Crippen molar-refractivity contribution in [3.05, 3.63) is 29.4 Å². The molecule has 0 unspecified atom stereocenters. The van der Waals surface area contributed by atoms with E-state index in [4.69, 9.17) is 0 Å². The Kier molecular flexibility index (Phi) is 1.07. The van der Waals surface area contributed by atoms with Crippen LogP contribution in [0.2, 0.25) is 0 Å². The second kappa shape index (κ2) is 1.90. The largest absolute Gasteiger partial charge is 0.241 e. The monoisotopic (exact) mass is 134 g/mol. The van der Waals surface area contributed by atoms with Gasteiger partial charge in [-0.3, -0.25) is 0 Å². The average molecular weight is 134 g/mol. The van der Waals surface area contributed by atoms with Crippen molar-refractivity contribution in [2.75, 3.05) is 0 Å². The molecular formula is C8H10N2. The zero-order valence-corrected chi connectivity index (χ0v) is 5.83. The molecule has 1 aromatic heterocycles. The van der Waals surface area contributed by atoms with Crippen LogP contribution in [-0.4, -0.2) is 9.97 Å². The van der Waals surface area contributed by atoms with Crippen LogP contribution < -0.4 is 0 Å². The Morgan fingerprint density at radius 3 is 3.40 bits per heavy atom. The number of hydrogen-bond acceptors (Lipinski definition) is 2. The Hall–Kier alpha value is -1.18. The zero-order chi connectivity index (χ0) is 6.97. The molecule has 0 bridgehead atoms. The van der Waals surface area contributed by atoms with Crippen LogP contribution in [0.15, 0.2) is 12.3 Å². The van der Waals surface area contributed by atoms with E-state index in [0.717, 1.165) is 17.9 Å². The summed E-state index contributed by atoms with van der Waals surface area (Å²) >= 11 is 0. The molecule has 52 valence electrons. The molecule has 1 aliphatic carbocycles. The van der Waals surface area contributed by atoms with Crippen LogP contribution in [0.3, 0.4) is 0 Å². The van der Waals surface area contributed by atoms with Gasteiger partial charge in [0.25, 0.3) is 0 Å².